The minimum Gasteiger partial charge on any atom is -0.390 e. The maximum atomic E-state index is 13.4. The van der Waals surface area contributed by atoms with Crippen LogP contribution in [0.2, 0.25) is 0 Å². The third-order valence-corrected chi connectivity index (χ3v) is 24.1. The van der Waals surface area contributed by atoms with Crippen molar-refractivity contribution in [3.05, 3.63) is 83.2 Å². The SMILES string of the molecule is NCCNC(=O)c1cn(CC2O[C@H]3O[C@H]4C(Cn5cc(C(=O)NCCN)nn5)O[C@@H](O[C@H]5C(Cn6cc(C(=O)NCCN)nn6)O[C@@H](O[C@H]6C(Cn7cc(C(=O)NCCN)nn7)O[C@@H](O[C@@H]7CC(O)[C@@H](OC7Cn7cc(C(=O)NCCN)nn7)O[C@H]7CC(O)[C@@H](OC7Cn7cc(C(=O)NCCN)nn7)O[C@H]7C(C[n+]8cc(C(=O)NCCN)n[nH]8)O[C@H](C[C@H]7O)O[C@H]2CC3O)C(O)[C@H]6O)C(O)[C@H]5O)C(O)[C@H]4O)nn1. The Kier molecular flexibility index (Phi) is 36.6. The second-order valence-corrected chi connectivity index (χ2v) is 34.6. The van der Waals surface area contributed by atoms with E-state index in [1.807, 2.05) is 0 Å². The van der Waals surface area contributed by atoms with Crippen LogP contribution in [0.3, 0.4) is 0 Å². The monoisotopic (exact) mass is 2030 g/mol. The van der Waals surface area contributed by atoms with Gasteiger partial charge >= 0.3 is 11.6 Å². The number of nitrogens with two attached hydrogens (primary N) is 7. The number of aliphatic hydroxyl groups excluding tert-OH is 10. The number of nitrogens with zero attached hydrogens (tertiary/aromatic N) is 20. The molecule has 0 radical (unpaired) electrons. The number of carbonyl (C=O) groups is 7. The van der Waals surface area contributed by atoms with Gasteiger partial charge < -0.3 is 195 Å². The van der Waals surface area contributed by atoms with Crippen molar-refractivity contribution in [3.8, 4) is 0 Å². The topological polar surface area (TPSA) is 934 Å². The van der Waals surface area contributed by atoms with Gasteiger partial charge in [-0.1, -0.05) is 36.5 Å². The van der Waals surface area contributed by atoms with Crippen LogP contribution in [0.4, 0.5) is 0 Å². The maximum Gasteiger partial charge on any atom is 0.305 e. The Balaban J connectivity index is 0.829. The van der Waals surface area contributed by atoms with Crippen molar-refractivity contribution in [2.75, 3.05) is 91.6 Å². The summed E-state index contributed by atoms with van der Waals surface area (Å²) in [5, 5.41) is 201. The van der Waals surface area contributed by atoms with Crippen molar-refractivity contribution in [3.63, 3.8) is 0 Å². The Morgan fingerprint density at radius 1 is 0.294 bits per heavy atom. The number of aliphatic hydroxyl groups is 10. The second-order valence-electron chi connectivity index (χ2n) is 34.6. The van der Waals surface area contributed by atoms with E-state index in [2.05, 4.69) is 109 Å². The third kappa shape index (κ3) is 26.3. The molecule has 21 aliphatic rings. The van der Waals surface area contributed by atoms with E-state index in [-0.39, 0.29) is 131 Å². The van der Waals surface area contributed by atoms with Crippen molar-refractivity contribution in [2.24, 2.45) is 40.1 Å². The lowest BCUT2D eigenvalue weighted by molar-refractivity contribution is -0.761. The number of rotatable bonds is 35. The third-order valence-electron chi connectivity index (χ3n) is 24.1. The van der Waals surface area contributed by atoms with Gasteiger partial charge in [-0.15, -0.1) is 30.6 Å². The van der Waals surface area contributed by atoms with Gasteiger partial charge in [-0.05, 0) is 0 Å². The highest BCUT2D eigenvalue weighted by Gasteiger charge is 2.58. The number of hydrogen-bond donors (Lipinski definition) is 25. The average Bonchev–Trinajstić information content (AvgIpc) is 1.13. The van der Waals surface area contributed by atoms with Gasteiger partial charge in [0.15, 0.2) is 84.4 Å². The van der Waals surface area contributed by atoms with Gasteiger partial charge in [-0.2, -0.15) is 4.68 Å². The number of nitrogens with one attached hydrogen (secondary N) is 8. The first-order chi connectivity index (χ1) is 69.0. The first kappa shape index (κ1) is 106. The number of carbonyl (C=O) groups excluding carboxylic acids is 7. The molecule has 0 aliphatic carbocycles. The summed E-state index contributed by atoms with van der Waals surface area (Å²) in [6.45, 7) is -3.10. The van der Waals surface area contributed by atoms with E-state index < -0.39 is 303 Å². The van der Waals surface area contributed by atoms with Crippen molar-refractivity contribution in [1.82, 2.24) is 137 Å². The van der Waals surface area contributed by atoms with Gasteiger partial charge in [0, 0.05) is 117 Å². The number of aromatic amines is 1. The van der Waals surface area contributed by atoms with Crippen LogP contribution in [0.1, 0.15) is 99.1 Å². The molecule has 13 unspecified atom stereocenters. The highest BCUT2D eigenvalue weighted by molar-refractivity contribution is 5.94. The molecule has 0 aromatic carbocycles. The van der Waals surface area contributed by atoms with Gasteiger partial charge in [0.2, 0.25) is 0 Å². The normalized spacial score (nSPS) is 32.9. The Morgan fingerprint density at radius 3 is 0.853 bits per heavy atom. The molecule has 0 spiro atoms. The molecule has 14 bridgehead atoms. The van der Waals surface area contributed by atoms with Gasteiger partial charge in [-0.25, -0.2) is 28.1 Å². The van der Waals surface area contributed by atoms with Gasteiger partial charge in [0.25, 0.3) is 35.4 Å². The average molecular weight is 2030 g/mol. The van der Waals surface area contributed by atoms with Crippen LogP contribution in [-0.4, -0.2) is 475 Å². The minimum atomic E-state index is -2.37. The predicted octanol–water partition coefficient (Wildman–Crippen LogP) is -18.8. The van der Waals surface area contributed by atoms with Crippen molar-refractivity contribution < 1.29 is 156 Å². The summed E-state index contributed by atoms with van der Waals surface area (Å²) in [5.74, 6) is -4.93. The standard InChI is InChI=1S/C77H119N35O31/c78-1-8-85-65(123)33-19-106(99-92-33)26-47-44-15-42(115)74(135-47)141-62-51(30-110-23-37(96-103-110)69(127)89-12-5-82)138-76(59(121)56(62)118)143-64-53(32-112-25-39(98-105-112)71(129)91-14-7-84)139-77(60(122)57(64)119)142-63-52(31-111-24-38(97-104-111)70(128)90-13-6-83)137-75(58(120)55(63)117)133-46-16-41(114)72(134-49(46)28-108-21-35(94-101-108)67(125)87-10-3-80)132-45-17-43(116)73(136-48(45)27-107-20-34(93-100-107)66(124)86-9-2-79)140-61-40(113)18-54(130-44)131-50(61)29-109-22-36(95-102-109)68(126)88-11-4-81/h19-25,40-64,72-77,113-122H,1-18,26-32,78-84H2,(H7,85,86,87,88,89,90,91,123,124,125,126,127,128,129)/p+1/t40-,41?,42?,43?,44+,45+,46-,47?,48?,49?,50?,51?,52?,53?,54-,55-,56-,57-,58?,59?,60?,61-,62+,63+,64+,72-,73+,74+,75-,76+,77+/m1/s1. The Morgan fingerprint density at radius 2 is 0.545 bits per heavy atom. The van der Waals surface area contributed by atoms with Crippen LogP contribution in [0.15, 0.2) is 43.4 Å². The molecule has 28 rings (SSSR count). The molecule has 21 saturated heterocycles. The summed E-state index contributed by atoms with van der Waals surface area (Å²) in [7, 11) is 0. The summed E-state index contributed by atoms with van der Waals surface area (Å²) in [6.07, 6.45) is -51.0. The van der Waals surface area contributed by atoms with Crippen LogP contribution < -0.4 is 82.0 Å². The summed E-state index contributed by atoms with van der Waals surface area (Å²) in [6, 6.07) is 0. The number of amides is 7. The molecule has 7 amide bonds. The van der Waals surface area contributed by atoms with Crippen LogP contribution in [0, 0.1) is 0 Å². The fraction of sp³-hybridized carbons (Fsp3) is 0.727. The summed E-state index contributed by atoms with van der Waals surface area (Å²) in [4.78, 5) is 93.7. The Labute approximate surface area is 808 Å². The summed E-state index contributed by atoms with van der Waals surface area (Å²) in [5.41, 5.74) is 38.4. The van der Waals surface area contributed by atoms with Crippen molar-refractivity contribution >= 4 is 41.4 Å². The Hall–Kier alpha value is -11.0. The van der Waals surface area contributed by atoms with Gasteiger partial charge in [0.1, 0.15) is 129 Å². The summed E-state index contributed by atoms with van der Waals surface area (Å²) < 4.78 is 101. The molecule has 788 valence electrons. The molecule has 28 heterocycles. The molecule has 66 nitrogen and oxygen atoms in total. The number of hydrogen-bond acceptors (Lipinski definition) is 51. The molecule has 0 saturated carbocycles. The molecular formula is C77H120N35O31+. The molecule has 21 aliphatic heterocycles. The molecular weight excluding hydrogens is 1910 g/mol. The van der Waals surface area contributed by atoms with Crippen LogP contribution >= 0.6 is 0 Å². The zero-order chi connectivity index (χ0) is 101. The van der Waals surface area contributed by atoms with Gasteiger partial charge in [0.05, 0.1) is 106 Å². The van der Waals surface area contributed by atoms with E-state index in [0.29, 0.717) is 0 Å². The molecule has 7 aromatic heterocycles. The van der Waals surface area contributed by atoms with Crippen LogP contribution in [0.5, 0.6) is 0 Å². The van der Waals surface area contributed by atoms with Crippen LogP contribution in [-0.2, 0) is 112 Å². The van der Waals surface area contributed by atoms with E-state index in [9.17, 15) is 84.6 Å². The van der Waals surface area contributed by atoms with E-state index in [1.54, 1.807) is 0 Å². The summed E-state index contributed by atoms with van der Waals surface area (Å²) >= 11 is 0. The van der Waals surface area contributed by atoms with E-state index in [4.69, 9.17) is 106 Å². The minimum absolute atomic E-state index is 0.00333. The molecule has 7 aromatic rings. The first-order valence-electron chi connectivity index (χ1n) is 46.2. The van der Waals surface area contributed by atoms with E-state index in [1.165, 1.54) is 45.0 Å². The number of H-pyrrole nitrogens is 1. The lowest BCUT2D eigenvalue weighted by Crippen LogP contribution is -2.67. The quantitative estimate of drug-likeness (QED) is 0.0164. The Bertz CT molecular complexity index is 5310. The van der Waals surface area contributed by atoms with E-state index in [0.717, 1.165) is 31.1 Å². The highest BCUT2D eigenvalue weighted by atomic mass is 16.8. The zero-order valence-corrected chi connectivity index (χ0v) is 76.6. The molecule has 31 atom stereocenters. The highest BCUT2D eigenvalue weighted by Crippen LogP contribution is 2.41. The molecule has 143 heavy (non-hydrogen) atoms. The molecule has 66 heteroatoms. The molecule has 32 N–H and O–H groups in total. The zero-order valence-electron chi connectivity index (χ0n) is 76.6. The smallest absolute Gasteiger partial charge is 0.305 e. The lowest BCUT2D eigenvalue weighted by Gasteiger charge is -2.49. The van der Waals surface area contributed by atoms with Crippen LogP contribution in [0.25, 0.3) is 0 Å². The largest absolute Gasteiger partial charge is 0.390 e. The fourth-order valence-electron chi connectivity index (χ4n) is 17.0. The fourth-order valence-corrected chi connectivity index (χ4v) is 17.0. The number of ether oxygens (including phenoxy) is 14. The number of aromatic nitrogens is 21. The second kappa shape index (κ2) is 49.3. The first-order valence-corrected chi connectivity index (χ1v) is 46.2. The van der Waals surface area contributed by atoms with Crippen molar-refractivity contribution in [1.29, 1.82) is 0 Å². The van der Waals surface area contributed by atoms with Crippen molar-refractivity contribution in [2.45, 2.75) is 262 Å². The molecule has 21 fully saturated rings. The maximum absolute atomic E-state index is 13.4. The predicted molar refractivity (Wildman–Crippen MR) is 462 cm³/mol. The van der Waals surface area contributed by atoms with Gasteiger partial charge in [-0.3, -0.25) is 33.6 Å². The van der Waals surface area contributed by atoms with E-state index >= 15 is 0 Å². The lowest BCUT2D eigenvalue weighted by atomic mass is 9.95.